The molecule has 0 aromatic carbocycles. The van der Waals surface area contributed by atoms with Crippen molar-refractivity contribution in [3.8, 4) is 0 Å². The van der Waals surface area contributed by atoms with Gasteiger partial charge in [0.2, 0.25) is 0 Å². The molecule has 3 nitrogen and oxygen atoms in total. The molecule has 0 aromatic rings. The molecule has 0 atom stereocenters. The molecule has 0 bridgehead atoms. The first-order valence-electron chi connectivity index (χ1n) is 7.66. The van der Waals surface area contributed by atoms with Crippen molar-refractivity contribution in [2.75, 3.05) is 31.1 Å². The second kappa shape index (κ2) is 6.90. The van der Waals surface area contributed by atoms with Crippen LogP contribution in [0.4, 0.5) is 4.39 Å². The molecule has 20 heavy (non-hydrogen) atoms. The van der Waals surface area contributed by atoms with E-state index in [4.69, 9.17) is 0 Å². The van der Waals surface area contributed by atoms with E-state index in [0.29, 0.717) is 32.0 Å². The molecule has 0 aromatic heterocycles. The van der Waals surface area contributed by atoms with Crippen molar-refractivity contribution in [2.24, 2.45) is 0 Å². The summed E-state index contributed by atoms with van der Waals surface area (Å²) in [5.74, 6) is -0.228. The summed E-state index contributed by atoms with van der Waals surface area (Å²) in [7, 11) is 0. The molecule has 2 heterocycles. The van der Waals surface area contributed by atoms with Crippen molar-refractivity contribution in [3.63, 3.8) is 0 Å². The molecule has 0 aliphatic carbocycles. The first-order chi connectivity index (χ1) is 9.46. The Morgan fingerprint density at radius 3 is 2.20 bits per heavy atom. The van der Waals surface area contributed by atoms with E-state index in [0.717, 1.165) is 29.9 Å². The first-order valence-corrected chi connectivity index (χ1v) is 11.1. The van der Waals surface area contributed by atoms with E-state index in [9.17, 15) is 9.18 Å². The third kappa shape index (κ3) is 3.64. The van der Waals surface area contributed by atoms with Gasteiger partial charge in [0.05, 0.1) is 0 Å². The fourth-order valence-corrected chi connectivity index (χ4v) is 4.96. The zero-order valence-electron chi connectivity index (χ0n) is 12.9. The predicted octanol–water partition coefficient (Wildman–Crippen LogP) is -1.09. The van der Waals surface area contributed by atoms with Crippen LogP contribution in [0, 0.1) is 0 Å². The van der Waals surface area contributed by atoms with E-state index in [1.807, 2.05) is 0 Å². The van der Waals surface area contributed by atoms with E-state index < -0.39 is 5.67 Å². The molecule has 0 spiro atoms. The Bertz CT molecular complexity index is 335. The topological polar surface area (TPSA) is 23.6 Å². The maximum absolute atomic E-state index is 15.0. The molecule has 2 aliphatic heterocycles. The number of carbonyl (C=O) groups is 1. The fourth-order valence-electron chi connectivity index (χ4n) is 3.16. The Morgan fingerprint density at radius 2 is 1.75 bits per heavy atom. The Labute approximate surface area is 132 Å². The average Bonchev–Trinajstić information content (AvgIpc) is 2.47. The standard InChI is InChI=1S/C15H27FIN2O/c1-12(2)18-10-6-15(16,7-11-18)14(20)19-8-4-13(17-3)5-9-19/h12-13H,4-11H2,1-3H3/q-1. The second-order valence-electron chi connectivity index (χ2n) is 6.28. The number of amides is 1. The van der Waals surface area contributed by atoms with Crippen LogP contribution in [-0.2, 0) is 4.79 Å². The van der Waals surface area contributed by atoms with Gasteiger partial charge in [0, 0.05) is 0 Å². The summed E-state index contributed by atoms with van der Waals surface area (Å²) in [6.45, 7) is 7.22. The number of halogens is 2. The summed E-state index contributed by atoms with van der Waals surface area (Å²) in [6.07, 6.45) is 2.91. The van der Waals surface area contributed by atoms with Crippen molar-refractivity contribution >= 4 is 5.91 Å². The molecule has 5 heteroatoms. The third-order valence-corrected chi connectivity index (χ3v) is 7.73. The van der Waals surface area contributed by atoms with Crippen LogP contribution in [0.15, 0.2) is 0 Å². The van der Waals surface area contributed by atoms with Gasteiger partial charge in [-0.05, 0) is 0 Å². The molecule has 2 fully saturated rings. The van der Waals surface area contributed by atoms with E-state index in [-0.39, 0.29) is 27.1 Å². The zero-order chi connectivity index (χ0) is 14.8. The summed E-state index contributed by atoms with van der Waals surface area (Å²) in [6, 6.07) is 0.443. The number of alkyl halides is 3. The summed E-state index contributed by atoms with van der Waals surface area (Å²) >= 11 is 0.267. The van der Waals surface area contributed by atoms with E-state index in [1.165, 1.54) is 0 Å². The normalized spacial score (nSPS) is 25.4. The molecule has 0 N–H and O–H groups in total. The van der Waals surface area contributed by atoms with Gasteiger partial charge < -0.3 is 0 Å². The molecular formula is C15H27FIN2O-. The summed E-state index contributed by atoms with van der Waals surface area (Å²) in [4.78, 5) is 18.8. The van der Waals surface area contributed by atoms with Crippen LogP contribution in [0.3, 0.4) is 0 Å². The van der Waals surface area contributed by atoms with Gasteiger partial charge in [-0.25, -0.2) is 0 Å². The number of hydrogen-bond acceptors (Lipinski definition) is 2. The van der Waals surface area contributed by atoms with E-state index in [1.54, 1.807) is 4.90 Å². The van der Waals surface area contributed by atoms with E-state index in [2.05, 4.69) is 23.7 Å². The molecule has 2 aliphatic rings. The van der Waals surface area contributed by atoms with Gasteiger partial charge in [-0.2, -0.15) is 0 Å². The van der Waals surface area contributed by atoms with Crippen molar-refractivity contribution in [3.05, 3.63) is 0 Å². The van der Waals surface area contributed by atoms with Crippen molar-refractivity contribution < 1.29 is 30.4 Å². The minimum absolute atomic E-state index is 0.228. The first kappa shape index (κ1) is 16.5. The Kier molecular flexibility index (Phi) is 5.68. The van der Waals surface area contributed by atoms with Crippen LogP contribution < -0.4 is 21.2 Å². The predicted molar refractivity (Wildman–Crippen MR) is 75.3 cm³/mol. The average molecular weight is 397 g/mol. The van der Waals surface area contributed by atoms with Gasteiger partial charge in [-0.3, -0.25) is 0 Å². The SMILES string of the molecule is C[I-]C1CCN(C(=O)C2(F)CCN(C(C)C)CC2)CC1. The molecule has 0 unspecified atom stereocenters. The van der Waals surface area contributed by atoms with Crippen LogP contribution in [0.1, 0.15) is 39.5 Å². The van der Waals surface area contributed by atoms with Gasteiger partial charge in [0.1, 0.15) is 0 Å². The summed E-state index contributed by atoms with van der Waals surface area (Å²) in [5.41, 5.74) is -1.60. The fraction of sp³-hybridized carbons (Fsp3) is 0.933. The van der Waals surface area contributed by atoms with Gasteiger partial charge in [-0.15, -0.1) is 0 Å². The second-order valence-corrected chi connectivity index (χ2v) is 9.29. The van der Waals surface area contributed by atoms with Crippen LogP contribution in [0.25, 0.3) is 0 Å². The van der Waals surface area contributed by atoms with Gasteiger partial charge in [-0.1, -0.05) is 0 Å². The van der Waals surface area contributed by atoms with Crippen molar-refractivity contribution in [1.29, 1.82) is 0 Å². The Balaban J connectivity index is 1.89. The zero-order valence-corrected chi connectivity index (χ0v) is 15.0. The van der Waals surface area contributed by atoms with Crippen LogP contribution in [0.5, 0.6) is 0 Å². The molecule has 118 valence electrons. The van der Waals surface area contributed by atoms with Gasteiger partial charge in [0.25, 0.3) is 0 Å². The van der Waals surface area contributed by atoms with Crippen molar-refractivity contribution in [1.82, 2.24) is 9.80 Å². The van der Waals surface area contributed by atoms with Gasteiger partial charge >= 0.3 is 132 Å². The summed E-state index contributed by atoms with van der Waals surface area (Å²) in [5, 5.41) is 0. The molecule has 1 amide bonds. The van der Waals surface area contributed by atoms with Crippen molar-refractivity contribution in [2.45, 2.75) is 55.2 Å². The molecule has 2 saturated heterocycles. The number of piperidine rings is 2. The monoisotopic (exact) mass is 397 g/mol. The van der Waals surface area contributed by atoms with Gasteiger partial charge in [0.15, 0.2) is 0 Å². The Hall–Kier alpha value is 0.0900. The molecular weight excluding hydrogens is 370 g/mol. The maximum atomic E-state index is 15.0. The number of likely N-dealkylation sites (tertiary alicyclic amines) is 2. The molecule has 0 saturated carbocycles. The van der Waals surface area contributed by atoms with Crippen LogP contribution >= 0.6 is 0 Å². The number of hydrogen-bond donors (Lipinski definition) is 0. The molecule has 2 rings (SSSR count). The Morgan fingerprint density at radius 1 is 1.20 bits per heavy atom. The quantitative estimate of drug-likeness (QED) is 0.447. The number of rotatable bonds is 3. The number of carbonyl (C=O) groups excluding carboxylic acids is 1. The third-order valence-electron chi connectivity index (χ3n) is 4.72. The molecule has 0 radical (unpaired) electrons. The summed E-state index contributed by atoms with van der Waals surface area (Å²) < 4.78 is 15.8. The van der Waals surface area contributed by atoms with E-state index >= 15 is 0 Å². The number of nitrogens with zero attached hydrogens (tertiary/aromatic N) is 2. The van der Waals surface area contributed by atoms with Crippen LogP contribution in [0.2, 0.25) is 0 Å². The van der Waals surface area contributed by atoms with Crippen LogP contribution in [-0.4, -0.2) is 62.5 Å². The minimum atomic E-state index is -1.60.